The molecule has 0 spiro atoms. The first-order chi connectivity index (χ1) is 11.5. The van der Waals surface area contributed by atoms with Gasteiger partial charge in [-0.25, -0.2) is 0 Å². The highest BCUT2D eigenvalue weighted by Gasteiger charge is 2.32. The van der Waals surface area contributed by atoms with Crippen LogP contribution in [0.25, 0.3) is 0 Å². The summed E-state index contributed by atoms with van der Waals surface area (Å²) < 4.78 is 5.94. The molecule has 0 aliphatic carbocycles. The number of fused-ring (bicyclic) bond motifs is 2. The van der Waals surface area contributed by atoms with E-state index in [4.69, 9.17) is 4.74 Å². The molecule has 130 valence electrons. The molecule has 1 aromatic carbocycles. The Bertz CT molecular complexity index is 617. The third kappa shape index (κ3) is 3.87. The van der Waals surface area contributed by atoms with Crippen molar-refractivity contribution in [3.63, 3.8) is 0 Å². The molecule has 6 nitrogen and oxygen atoms in total. The molecule has 1 N–H and O–H groups in total. The molecule has 1 saturated heterocycles. The van der Waals surface area contributed by atoms with E-state index in [0.717, 1.165) is 0 Å². The van der Waals surface area contributed by atoms with Gasteiger partial charge in [0.15, 0.2) is 0 Å². The zero-order valence-electron chi connectivity index (χ0n) is 14.3. The number of hydrogen-bond acceptors (Lipinski definition) is 4. The van der Waals surface area contributed by atoms with Crippen LogP contribution in [-0.4, -0.2) is 60.4 Å². The second kappa shape index (κ2) is 7.21. The molecule has 0 aromatic heterocycles. The van der Waals surface area contributed by atoms with Gasteiger partial charge in [0.2, 0.25) is 11.8 Å². The molecular weight excluding hydrogens is 306 g/mol. The normalized spacial score (nSPS) is 21.7. The first-order valence-corrected chi connectivity index (χ1v) is 8.56. The quantitative estimate of drug-likeness (QED) is 0.894. The van der Waals surface area contributed by atoms with E-state index in [9.17, 15) is 9.59 Å². The number of amides is 2. The number of anilines is 1. The molecule has 0 bridgehead atoms. The molecule has 1 aromatic rings. The van der Waals surface area contributed by atoms with Gasteiger partial charge in [-0.05, 0) is 18.1 Å². The van der Waals surface area contributed by atoms with Crippen molar-refractivity contribution in [3.05, 3.63) is 24.3 Å². The van der Waals surface area contributed by atoms with Crippen molar-refractivity contribution < 1.29 is 14.3 Å². The Balaban J connectivity index is 1.73. The lowest BCUT2D eigenvalue weighted by Gasteiger charge is -2.40. The molecule has 0 saturated carbocycles. The zero-order valence-corrected chi connectivity index (χ0v) is 14.3. The fourth-order valence-electron chi connectivity index (χ4n) is 3.22. The average Bonchev–Trinajstić information content (AvgIpc) is 2.60. The molecule has 2 aliphatic heterocycles. The van der Waals surface area contributed by atoms with E-state index in [1.165, 1.54) is 0 Å². The molecule has 0 unspecified atom stereocenters. The van der Waals surface area contributed by atoms with Crippen LogP contribution in [0.4, 0.5) is 5.69 Å². The Morgan fingerprint density at radius 2 is 2.12 bits per heavy atom. The largest absolute Gasteiger partial charge is 0.490 e. The predicted octanol–water partition coefficient (Wildman–Crippen LogP) is 1.58. The number of benzene rings is 1. The minimum absolute atomic E-state index is 0.0340. The molecule has 24 heavy (non-hydrogen) atoms. The van der Waals surface area contributed by atoms with Crippen LogP contribution in [0.15, 0.2) is 24.3 Å². The highest BCUT2D eigenvalue weighted by Crippen LogP contribution is 2.26. The van der Waals surface area contributed by atoms with Crippen molar-refractivity contribution in [3.8, 4) is 5.75 Å². The Hall–Kier alpha value is -2.08. The first kappa shape index (κ1) is 16.8. The Labute approximate surface area is 142 Å². The predicted molar refractivity (Wildman–Crippen MR) is 92.0 cm³/mol. The van der Waals surface area contributed by atoms with Crippen molar-refractivity contribution in [1.82, 2.24) is 9.80 Å². The maximum atomic E-state index is 12.4. The van der Waals surface area contributed by atoms with Crippen LogP contribution in [0, 0.1) is 5.92 Å². The Kier molecular flexibility index (Phi) is 5.04. The van der Waals surface area contributed by atoms with Gasteiger partial charge in [-0.2, -0.15) is 0 Å². The summed E-state index contributed by atoms with van der Waals surface area (Å²) in [5.41, 5.74) is 0.704. The summed E-state index contributed by atoms with van der Waals surface area (Å²) >= 11 is 0. The van der Waals surface area contributed by atoms with Gasteiger partial charge in [-0.15, -0.1) is 0 Å². The van der Waals surface area contributed by atoms with Gasteiger partial charge in [-0.3, -0.25) is 14.5 Å². The summed E-state index contributed by atoms with van der Waals surface area (Å²) in [6.45, 7) is 6.88. The average molecular weight is 331 g/mol. The van der Waals surface area contributed by atoms with E-state index >= 15 is 0 Å². The van der Waals surface area contributed by atoms with Crippen molar-refractivity contribution >= 4 is 17.5 Å². The fourth-order valence-corrected chi connectivity index (χ4v) is 3.22. The maximum Gasteiger partial charge on any atom is 0.238 e. The monoisotopic (exact) mass is 331 g/mol. The van der Waals surface area contributed by atoms with Crippen molar-refractivity contribution in [2.45, 2.75) is 26.3 Å². The lowest BCUT2D eigenvalue weighted by atomic mass is 10.1. The lowest BCUT2D eigenvalue weighted by Crippen LogP contribution is -2.58. The number of rotatable bonds is 2. The highest BCUT2D eigenvalue weighted by molar-refractivity contribution is 5.93. The maximum absolute atomic E-state index is 12.4. The van der Waals surface area contributed by atoms with Crippen LogP contribution < -0.4 is 10.1 Å². The van der Waals surface area contributed by atoms with Gasteiger partial charge < -0.3 is 15.0 Å². The van der Waals surface area contributed by atoms with Gasteiger partial charge >= 0.3 is 0 Å². The van der Waals surface area contributed by atoms with E-state index in [2.05, 4.69) is 24.1 Å². The molecule has 3 rings (SSSR count). The molecule has 2 heterocycles. The number of ether oxygens (including phenoxy) is 1. The van der Waals surface area contributed by atoms with Crippen LogP contribution in [0.2, 0.25) is 0 Å². The highest BCUT2D eigenvalue weighted by atomic mass is 16.5. The summed E-state index contributed by atoms with van der Waals surface area (Å²) in [6, 6.07) is 7.50. The fraction of sp³-hybridized carbons (Fsp3) is 0.556. The molecular formula is C18H25N3O3. The number of hydrogen-bond donors (Lipinski definition) is 1. The Morgan fingerprint density at radius 1 is 1.33 bits per heavy atom. The zero-order chi connectivity index (χ0) is 17.1. The number of para-hydroxylation sites is 2. The van der Waals surface area contributed by atoms with Crippen LogP contribution in [0.1, 0.15) is 20.3 Å². The second-order valence-corrected chi connectivity index (χ2v) is 6.92. The van der Waals surface area contributed by atoms with Gasteiger partial charge in [0.05, 0.1) is 18.3 Å². The molecule has 1 fully saturated rings. The van der Waals surface area contributed by atoms with E-state index in [-0.39, 0.29) is 17.9 Å². The number of nitrogens with zero attached hydrogens (tertiary/aromatic N) is 2. The van der Waals surface area contributed by atoms with E-state index < -0.39 is 0 Å². The lowest BCUT2D eigenvalue weighted by molar-refractivity contribution is -0.135. The third-order valence-electron chi connectivity index (χ3n) is 4.48. The van der Waals surface area contributed by atoms with E-state index in [1.54, 1.807) is 0 Å². The first-order valence-electron chi connectivity index (χ1n) is 8.56. The van der Waals surface area contributed by atoms with Gasteiger partial charge in [0.25, 0.3) is 0 Å². The van der Waals surface area contributed by atoms with Crippen LogP contribution >= 0.6 is 0 Å². The molecule has 1 atom stereocenters. The van der Waals surface area contributed by atoms with Crippen LogP contribution in [0.3, 0.4) is 0 Å². The smallest absolute Gasteiger partial charge is 0.238 e. The third-order valence-corrected chi connectivity index (χ3v) is 4.48. The summed E-state index contributed by atoms with van der Waals surface area (Å²) in [5.74, 6) is 1.18. The van der Waals surface area contributed by atoms with Gasteiger partial charge in [0, 0.05) is 26.1 Å². The van der Waals surface area contributed by atoms with Gasteiger partial charge in [-0.1, -0.05) is 26.0 Å². The Morgan fingerprint density at radius 3 is 2.92 bits per heavy atom. The van der Waals surface area contributed by atoms with E-state index in [1.807, 2.05) is 29.2 Å². The van der Waals surface area contributed by atoms with E-state index in [0.29, 0.717) is 56.6 Å². The topological polar surface area (TPSA) is 61.9 Å². The SMILES string of the molecule is CC(C)CC(=O)N1CCN2CC(=O)Nc3ccccc3OC[C@H]2C1. The van der Waals surface area contributed by atoms with Crippen molar-refractivity contribution in [2.24, 2.45) is 5.92 Å². The number of carbonyl (C=O) groups is 2. The summed E-state index contributed by atoms with van der Waals surface area (Å²) in [5, 5.41) is 2.91. The van der Waals surface area contributed by atoms with Crippen molar-refractivity contribution in [2.75, 3.05) is 38.1 Å². The molecule has 2 amide bonds. The van der Waals surface area contributed by atoms with Crippen molar-refractivity contribution in [1.29, 1.82) is 0 Å². The molecule has 0 radical (unpaired) electrons. The minimum Gasteiger partial charge on any atom is -0.490 e. The number of piperazine rings is 1. The summed E-state index contributed by atoms with van der Waals surface area (Å²) in [7, 11) is 0. The summed E-state index contributed by atoms with van der Waals surface area (Å²) in [4.78, 5) is 28.7. The number of nitrogens with one attached hydrogen (secondary N) is 1. The van der Waals surface area contributed by atoms with Gasteiger partial charge in [0.1, 0.15) is 12.4 Å². The molecule has 2 aliphatic rings. The second-order valence-electron chi connectivity index (χ2n) is 6.92. The summed E-state index contributed by atoms with van der Waals surface area (Å²) in [6.07, 6.45) is 0.566. The van der Waals surface area contributed by atoms with Crippen LogP contribution in [0.5, 0.6) is 5.75 Å². The standard InChI is InChI=1S/C18H25N3O3/c1-13(2)9-18(23)21-8-7-20-11-17(22)19-15-5-3-4-6-16(15)24-12-14(20)10-21/h3-6,13-14H,7-12H2,1-2H3,(H,19,22)/t14-/m1/s1. The van der Waals surface area contributed by atoms with Crippen LogP contribution in [-0.2, 0) is 9.59 Å². The number of carbonyl (C=O) groups excluding carboxylic acids is 2. The minimum atomic E-state index is -0.0418. The molecule has 6 heteroatoms.